The van der Waals surface area contributed by atoms with Crippen LogP contribution < -0.4 is 0 Å². The quantitative estimate of drug-likeness (QED) is 0.477. The Morgan fingerprint density at radius 2 is 1.76 bits per heavy atom. The van der Waals surface area contributed by atoms with Crippen molar-refractivity contribution in [2.45, 2.75) is 0 Å². The fourth-order valence-corrected chi connectivity index (χ4v) is 2.42. The number of nitrogens with one attached hydrogen (secondary N) is 1. The van der Waals surface area contributed by atoms with Gasteiger partial charge in [0.05, 0.1) is 5.52 Å². The molecule has 4 aromatic rings. The summed E-state index contributed by atoms with van der Waals surface area (Å²) >= 11 is 0. The van der Waals surface area contributed by atoms with E-state index >= 15 is 0 Å². The van der Waals surface area contributed by atoms with E-state index in [0.717, 1.165) is 11.0 Å². The van der Waals surface area contributed by atoms with Gasteiger partial charge in [-0.2, -0.15) is 0 Å². The molecule has 0 amide bonds. The Labute approximate surface area is 97.9 Å². The van der Waals surface area contributed by atoms with E-state index in [-0.39, 0.29) is 0 Å². The van der Waals surface area contributed by atoms with Crippen LogP contribution in [0.4, 0.5) is 0 Å². The molecule has 0 saturated heterocycles. The van der Waals surface area contributed by atoms with Crippen molar-refractivity contribution in [3.05, 3.63) is 54.7 Å². The molecule has 17 heavy (non-hydrogen) atoms. The molecule has 2 aromatic heterocycles. The fraction of sp³-hybridized carbons (Fsp3) is 0. The molecule has 2 heteroatoms. The highest BCUT2D eigenvalue weighted by molar-refractivity contribution is 6.11. The molecule has 0 aliphatic rings. The Hall–Kier alpha value is -2.35. The van der Waals surface area contributed by atoms with Gasteiger partial charge in [0.15, 0.2) is 0 Å². The molecule has 0 aliphatic heterocycles. The number of hydrogen-bond acceptors (Lipinski definition) is 1. The van der Waals surface area contributed by atoms with Crippen LogP contribution in [0.1, 0.15) is 0 Å². The van der Waals surface area contributed by atoms with Crippen molar-refractivity contribution in [1.82, 2.24) is 9.97 Å². The summed E-state index contributed by atoms with van der Waals surface area (Å²) in [6.07, 6.45) is 1.83. The molecule has 80 valence electrons. The number of benzene rings is 2. The third-order valence-corrected chi connectivity index (χ3v) is 3.23. The van der Waals surface area contributed by atoms with Crippen molar-refractivity contribution in [1.29, 1.82) is 0 Å². The zero-order chi connectivity index (χ0) is 11.2. The summed E-state index contributed by atoms with van der Waals surface area (Å²) in [6, 6.07) is 16.8. The molecule has 0 saturated carbocycles. The third kappa shape index (κ3) is 1.18. The summed E-state index contributed by atoms with van der Waals surface area (Å²) in [5.41, 5.74) is 3.36. The first kappa shape index (κ1) is 8.76. The van der Waals surface area contributed by atoms with Crippen LogP contribution in [-0.2, 0) is 0 Å². The van der Waals surface area contributed by atoms with Crippen molar-refractivity contribution in [2.24, 2.45) is 0 Å². The maximum atomic E-state index is 4.38. The number of pyridine rings is 1. The van der Waals surface area contributed by atoms with E-state index in [9.17, 15) is 0 Å². The number of fused-ring (bicyclic) bond motifs is 4. The van der Waals surface area contributed by atoms with E-state index in [1.54, 1.807) is 0 Å². The number of aromatic nitrogens is 2. The maximum Gasteiger partial charge on any atom is 0.0723 e. The minimum Gasteiger partial charge on any atom is -0.354 e. The Morgan fingerprint density at radius 3 is 2.76 bits per heavy atom. The Kier molecular flexibility index (Phi) is 1.59. The normalized spacial score (nSPS) is 11.5. The molecule has 0 spiro atoms. The Bertz CT molecular complexity index is 837. The van der Waals surface area contributed by atoms with Crippen molar-refractivity contribution >= 4 is 32.7 Å². The van der Waals surface area contributed by atoms with E-state index in [0.29, 0.717) is 0 Å². The number of hydrogen-bond donors (Lipinski definition) is 1. The molecule has 4 rings (SSSR count). The van der Waals surface area contributed by atoms with Crippen molar-refractivity contribution < 1.29 is 0 Å². The molecule has 0 unspecified atom stereocenters. The minimum atomic E-state index is 1.03. The maximum absolute atomic E-state index is 4.38. The lowest BCUT2D eigenvalue weighted by Gasteiger charge is -1.96. The van der Waals surface area contributed by atoms with Crippen LogP contribution in [0.25, 0.3) is 32.7 Å². The van der Waals surface area contributed by atoms with Crippen LogP contribution in [0, 0.1) is 0 Å². The van der Waals surface area contributed by atoms with Gasteiger partial charge in [-0.3, -0.25) is 4.98 Å². The van der Waals surface area contributed by atoms with E-state index in [2.05, 4.69) is 52.4 Å². The first-order valence-corrected chi connectivity index (χ1v) is 5.67. The summed E-state index contributed by atoms with van der Waals surface area (Å²) in [6.45, 7) is 0. The monoisotopic (exact) mass is 218 g/mol. The lowest BCUT2D eigenvalue weighted by atomic mass is 10.1. The molecular weight excluding hydrogens is 208 g/mol. The lowest BCUT2D eigenvalue weighted by Crippen LogP contribution is -1.77. The first-order valence-electron chi connectivity index (χ1n) is 5.67. The predicted molar refractivity (Wildman–Crippen MR) is 71.1 cm³/mol. The highest BCUT2D eigenvalue weighted by Crippen LogP contribution is 2.28. The van der Waals surface area contributed by atoms with Crippen LogP contribution in [0.15, 0.2) is 54.7 Å². The molecule has 2 aromatic carbocycles. The van der Waals surface area contributed by atoms with Gasteiger partial charge < -0.3 is 4.98 Å². The zero-order valence-corrected chi connectivity index (χ0v) is 9.14. The molecule has 0 atom stereocenters. The highest BCUT2D eigenvalue weighted by Gasteiger charge is 2.04. The van der Waals surface area contributed by atoms with E-state index in [4.69, 9.17) is 0 Å². The molecular formula is C15H10N2. The van der Waals surface area contributed by atoms with Gasteiger partial charge in [-0.1, -0.05) is 24.3 Å². The topological polar surface area (TPSA) is 28.7 Å². The minimum absolute atomic E-state index is 1.03. The van der Waals surface area contributed by atoms with Gasteiger partial charge in [0, 0.05) is 33.4 Å². The van der Waals surface area contributed by atoms with Crippen LogP contribution >= 0.6 is 0 Å². The second-order valence-corrected chi connectivity index (χ2v) is 4.26. The molecule has 1 N–H and O–H groups in total. The Balaban J connectivity index is 2.28. The van der Waals surface area contributed by atoms with E-state index < -0.39 is 0 Å². The largest absolute Gasteiger partial charge is 0.354 e. The number of H-pyrrole nitrogens is 1. The standard InChI is InChI=1S/C15H10N2/c1-2-6-13-11(5-1)12-8-10-4-3-7-16-14(10)9-15(12)17-13/h1-9,17H. The number of para-hydroxylation sites is 1. The van der Waals surface area contributed by atoms with Gasteiger partial charge in [0.2, 0.25) is 0 Å². The SMILES string of the molecule is c1cnc2cc3[nH]c4ccccc4c3cc2c1. The van der Waals surface area contributed by atoms with Gasteiger partial charge in [-0.05, 0) is 24.3 Å². The summed E-state index contributed by atoms with van der Waals surface area (Å²) in [4.78, 5) is 7.81. The van der Waals surface area contributed by atoms with Gasteiger partial charge in [-0.25, -0.2) is 0 Å². The van der Waals surface area contributed by atoms with Crippen molar-refractivity contribution in [3.63, 3.8) is 0 Å². The number of nitrogens with zero attached hydrogens (tertiary/aromatic N) is 1. The van der Waals surface area contributed by atoms with Gasteiger partial charge in [0.25, 0.3) is 0 Å². The summed E-state index contributed by atoms with van der Waals surface area (Å²) in [5.74, 6) is 0. The summed E-state index contributed by atoms with van der Waals surface area (Å²) in [5, 5.41) is 3.72. The average Bonchev–Trinajstić information content (AvgIpc) is 2.73. The summed E-state index contributed by atoms with van der Waals surface area (Å²) < 4.78 is 0. The van der Waals surface area contributed by atoms with Gasteiger partial charge in [0.1, 0.15) is 0 Å². The van der Waals surface area contributed by atoms with Crippen molar-refractivity contribution in [3.8, 4) is 0 Å². The van der Waals surface area contributed by atoms with Crippen LogP contribution in [0.3, 0.4) is 0 Å². The van der Waals surface area contributed by atoms with Crippen molar-refractivity contribution in [2.75, 3.05) is 0 Å². The van der Waals surface area contributed by atoms with E-state index in [1.165, 1.54) is 21.7 Å². The fourth-order valence-electron chi connectivity index (χ4n) is 2.42. The predicted octanol–water partition coefficient (Wildman–Crippen LogP) is 3.87. The second-order valence-electron chi connectivity index (χ2n) is 4.26. The van der Waals surface area contributed by atoms with E-state index in [1.807, 2.05) is 12.3 Å². The zero-order valence-electron chi connectivity index (χ0n) is 9.14. The molecule has 2 heterocycles. The van der Waals surface area contributed by atoms with Crippen LogP contribution in [0.5, 0.6) is 0 Å². The van der Waals surface area contributed by atoms with Gasteiger partial charge in [-0.15, -0.1) is 0 Å². The second kappa shape index (κ2) is 3.08. The molecule has 0 fully saturated rings. The van der Waals surface area contributed by atoms with Gasteiger partial charge >= 0.3 is 0 Å². The molecule has 2 nitrogen and oxygen atoms in total. The molecule has 0 bridgehead atoms. The summed E-state index contributed by atoms with van der Waals surface area (Å²) in [7, 11) is 0. The third-order valence-electron chi connectivity index (χ3n) is 3.23. The number of aromatic amines is 1. The van der Waals surface area contributed by atoms with Crippen LogP contribution in [0.2, 0.25) is 0 Å². The molecule has 0 aliphatic carbocycles. The molecule has 0 radical (unpaired) electrons. The first-order chi connectivity index (χ1) is 8.42. The number of rotatable bonds is 0. The smallest absolute Gasteiger partial charge is 0.0723 e. The lowest BCUT2D eigenvalue weighted by molar-refractivity contribution is 1.42. The average molecular weight is 218 g/mol. The van der Waals surface area contributed by atoms with Crippen LogP contribution in [-0.4, -0.2) is 9.97 Å². The highest BCUT2D eigenvalue weighted by atomic mass is 14.7. The Morgan fingerprint density at radius 1 is 0.824 bits per heavy atom.